The Labute approximate surface area is 76.4 Å². The van der Waals surface area contributed by atoms with Gasteiger partial charge in [0.05, 0.1) is 0 Å². The van der Waals surface area contributed by atoms with E-state index in [4.69, 9.17) is 12.6 Å². The molecule has 0 aromatic carbocycles. The van der Waals surface area contributed by atoms with E-state index in [-0.39, 0.29) is 0 Å². The molecule has 0 aliphatic heterocycles. The second kappa shape index (κ2) is 10.3. The van der Waals surface area contributed by atoms with Gasteiger partial charge in [-0.2, -0.15) is 0 Å². The van der Waals surface area contributed by atoms with E-state index >= 15 is 0 Å². The Kier molecular flexibility index (Phi) is 10.6. The normalized spacial score (nSPS) is 10.4. The van der Waals surface area contributed by atoms with Crippen molar-refractivity contribution in [2.24, 2.45) is 0 Å². The molecule has 0 rings (SSSR count). The molecule has 0 unspecified atom stereocenters. The Morgan fingerprint density at radius 1 is 1.00 bits per heavy atom. The molecule has 1 N–H and O–H groups in total. The third-order valence-corrected chi connectivity index (χ3v) is 1.99. The summed E-state index contributed by atoms with van der Waals surface area (Å²) in [5.74, 6) is 0.891. The number of nitrogens with one attached hydrogen (secondary N) is 1. The van der Waals surface area contributed by atoms with Crippen LogP contribution in [0.1, 0.15) is 39.0 Å². The molecule has 0 aliphatic rings. The van der Waals surface area contributed by atoms with Crippen LogP contribution in [0.3, 0.4) is 0 Å². The fourth-order valence-electron chi connectivity index (χ4n) is 0.999. The van der Waals surface area contributed by atoms with Crippen molar-refractivity contribution in [3.05, 3.63) is 0 Å². The summed E-state index contributed by atoms with van der Waals surface area (Å²) in [6, 6.07) is 0. The second-order valence-corrected chi connectivity index (χ2v) is 3.28. The fourth-order valence-corrected chi connectivity index (χ4v) is 1.14. The average Bonchev–Trinajstić information content (AvgIpc) is 2.03. The molecule has 0 spiro atoms. The maximum Gasteiger partial charge on any atom is 0.00490 e. The summed E-state index contributed by atoms with van der Waals surface area (Å²) in [5, 5.41) is 3.38. The molecule has 0 aliphatic carbocycles. The quantitative estimate of drug-likeness (QED) is 0.558. The molecule has 0 atom stereocenters. The van der Waals surface area contributed by atoms with Crippen LogP contribution in [-0.2, 0) is 0 Å². The van der Waals surface area contributed by atoms with Crippen LogP contribution in [0, 0.1) is 0 Å². The molecule has 11 heavy (non-hydrogen) atoms. The highest BCUT2D eigenvalue weighted by atomic mass is 32.1. The summed E-state index contributed by atoms with van der Waals surface area (Å²) in [7, 11) is 0. The molecule has 0 aromatic rings. The lowest BCUT2D eigenvalue weighted by Gasteiger charge is -2.01. The highest BCUT2D eigenvalue weighted by Crippen LogP contribution is 1.96. The van der Waals surface area contributed by atoms with Crippen LogP contribution in [0.5, 0.6) is 0 Å². The van der Waals surface area contributed by atoms with Gasteiger partial charge in [-0.05, 0) is 25.9 Å². The number of hydrogen-bond acceptors (Lipinski definition) is 1. The minimum absolute atomic E-state index is 0.891. The lowest BCUT2D eigenvalue weighted by atomic mass is 10.2. The predicted octanol–water partition coefficient (Wildman–Crippen LogP) is 2.74. The lowest BCUT2D eigenvalue weighted by Crippen LogP contribution is -2.16. The van der Waals surface area contributed by atoms with Gasteiger partial charge in [0.2, 0.25) is 0 Å². The average molecular weight is 174 g/mol. The summed E-state index contributed by atoms with van der Waals surface area (Å²) in [5.41, 5.74) is 0. The van der Waals surface area contributed by atoms with Crippen molar-refractivity contribution in [2.45, 2.75) is 39.0 Å². The van der Waals surface area contributed by atoms with Crippen LogP contribution < -0.4 is 5.32 Å². The van der Waals surface area contributed by atoms with Gasteiger partial charge < -0.3 is 5.32 Å². The molecule has 0 saturated heterocycles. The standard InChI is InChI=1S/C9H20NS/c1-2-3-4-5-7-10-8-6-9-11/h10H,2-9H2,1H3. The van der Waals surface area contributed by atoms with E-state index < -0.39 is 0 Å². The zero-order chi connectivity index (χ0) is 8.36. The van der Waals surface area contributed by atoms with Crippen LogP contribution in [0.4, 0.5) is 0 Å². The van der Waals surface area contributed by atoms with E-state index in [1.165, 1.54) is 32.2 Å². The van der Waals surface area contributed by atoms with E-state index in [0.717, 1.165) is 18.7 Å². The van der Waals surface area contributed by atoms with Gasteiger partial charge in [0, 0.05) is 5.75 Å². The highest BCUT2D eigenvalue weighted by Gasteiger charge is 1.87. The van der Waals surface area contributed by atoms with Crippen molar-refractivity contribution < 1.29 is 0 Å². The van der Waals surface area contributed by atoms with Crippen molar-refractivity contribution >= 4 is 12.6 Å². The minimum atomic E-state index is 0.891. The molecule has 0 heterocycles. The summed E-state index contributed by atoms with van der Waals surface area (Å²) < 4.78 is 0. The number of rotatable bonds is 8. The number of unbranched alkanes of at least 4 members (excludes halogenated alkanes) is 3. The van der Waals surface area contributed by atoms with Gasteiger partial charge in [0.1, 0.15) is 0 Å². The molecule has 0 fully saturated rings. The van der Waals surface area contributed by atoms with Crippen LogP contribution in [0.2, 0.25) is 0 Å². The Morgan fingerprint density at radius 2 is 1.73 bits per heavy atom. The van der Waals surface area contributed by atoms with Crippen LogP contribution in [-0.4, -0.2) is 18.8 Å². The first kappa shape index (κ1) is 11.3. The first-order valence-electron chi connectivity index (χ1n) is 4.70. The van der Waals surface area contributed by atoms with E-state index in [1.54, 1.807) is 0 Å². The van der Waals surface area contributed by atoms with Gasteiger partial charge in [-0.3, -0.25) is 0 Å². The summed E-state index contributed by atoms with van der Waals surface area (Å²) in [6.45, 7) is 4.52. The van der Waals surface area contributed by atoms with E-state index in [2.05, 4.69) is 12.2 Å². The monoisotopic (exact) mass is 174 g/mol. The Balaban J connectivity index is 2.69. The van der Waals surface area contributed by atoms with Crippen molar-refractivity contribution in [3.8, 4) is 0 Å². The highest BCUT2D eigenvalue weighted by molar-refractivity contribution is 7.80. The molecule has 0 bridgehead atoms. The van der Waals surface area contributed by atoms with Gasteiger partial charge in [0.25, 0.3) is 0 Å². The van der Waals surface area contributed by atoms with Crippen molar-refractivity contribution in [2.75, 3.05) is 18.8 Å². The van der Waals surface area contributed by atoms with Crippen molar-refractivity contribution in [1.82, 2.24) is 5.32 Å². The van der Waals surface area contributed by atoms with Gasteiger partial charge >= 0.3 is 0 Å². The van der Waals surface area contributed by atoms with Gasteiger partial charge in [-0.1, -0.05) is 38.8 Å². The largest absolute Gasteiger partial charge is 0.317 e. The maximum absolute atomic E-state index is 4.83. The SMILES string of the molecule is CCCCCCNCCC[S]. The van der Waals surface area contributed by atoms with Crippen molar-refractivity contribution in [3.63, 3.8) is 0 Å². The van der Waals surface area contributed by atoms with Gasteiger partial charge in [-0.15, -0.1) is 0 Å². The summed E-state index contributed by atoms with van der Waals surface area (Å²) in [6.07, 6.45) is 6.54. The number of hydrogen-bond donors (Lipinski definition) is 1. The topological polar surface area (TPSA) is 12.0 Å². The fraction of sp³-hybridized carbons (Fsp3) is 1.00. The third-order valence-electron chi connectivity index (χ3n) is 1.70. The minimum Gasteiger partial charge on any atom is -0.317 e. The summed E-state index contributed by atoms with van der Waals surface area (Å²) >= 11 is 4.83. The zero-order valence-electron chi connectivity index (χ0n) is 7.57. The summed E-state index contributed by atoms with van der Waals surface area (Å²) in [4.78, 5) is 0. The van der Waals surface area contributed by atoms with E-state index in [0.29, 0.717) is 0 Å². The first-order valence-corrected chi connectivity index (χ1v) is 5.28. The Morgan fingerprint density at radius 3 is 2.36 bits per heavy atom. The third kappa shape index (κ3) is 10.3. The second-order valence-electron chi connectivity index (χ2n) is 2.87. The molecule has 0 aromatic heterocycles. The Bertz CT molecular complexity index is 58.6. The van der Waals surface area contributed by atoms with Crippen LogP contribution in [0.25, 0.3) is 0 Å². The van der Waals surface area contributed by atoms with Crippen LogP contribution in [0.15, 0.2) is 0 Å². The maximum atomic E-state index is 4.83. The molecule has 1 radical (unpaired) electrons. The molecule has 2 heteroatoms. The smallest absolute Gasteiger partial charge is 0.00490 e. The zero-order valence-corrected chi connectivity index (χ0v) is 8.38. The molecule has 1 nitrogen and oxygen atoms in total. The van der Waals surface area contributed by atoms with Gasteiger partial charge in [-0.25, -0.2) is 0 Å². The molecule has 0 amide bonds. The van der Waals surface area contributed by atoms with E-state index in [9.17, 15) is 0 Å². The molecular weight excluding hydrogens is 154 g/mol. The molecular formula is C9H20NS. The van der Waals surface area contributed by atoms with Gasteiger partial charge in [0.15, 0.2) is 0 Å². The molecule has 0 saturated carbocycles. The first-order chi connectivity index (χ1) is 5.41. The van der Waals surface area contributed by atoms with E-state index in [1.807, 2.05) is 0 Å². The van der Waals surface area contributed by atoms with Crippen molar-refractivity contribution in [1.29, 1.82) is 0 Å². The Hall–Kier alpha value is 0.310. The predicted molar refractivity (Wildman–Crippen MR) is 54.1 cm³/mol. The lowest BCUT2D eigenvalue weighted by molar-refractivity contribution is 0.596. The van der Waals surface area contributed by atoms with Crippen LogP contribution >= 0.6 is 12.6 Å². The molecule has 67 valence electrons.